The number of aromatic nitrogens is 1. The summed E-state index contributed by atoms with van der Waals surface area (Å²) in [5.41, 5.74) is 1.65. The van der Waals surface area contributed by atoms with Crippen molar-refractivity contribution in [2.75, 3.05) is 31.5 Å². The number of carbonyl (C=O) groups excluding carboxylic acids is 2. The number of para-hydroxylation sites is 1. The van der Waals surface area contributed by atoms with E-state index in [4.69, 9.17) is 4.52 Å². The molecule has 2 fully saturated rings. The summed E-state index contributed by atoms with van der Waals surface area (Å²) < 4.78 is 5.24. The molecular weight excluding hydrogens is 332 g/mol. The van der Waals surface area contributed by atoms with Crippen molar-refractivity contribution in [3.8, 4) is 0 Å². The Labute approximate surface area is 151 Å². The Morgan fingerprint density at radius 1 is 1.04 bits per heavy atom. The van der Waals surface area contributed by atoms with Crippen LogP contribution in [0.1, 0.15) is 41.4 Å². The van der Waals surface area contributed by atoms with Gasteiger partial charge >= 0.3 is 6.03 Å². The monoisotopic (exact) mass is 354 g/mol. The van der Waals surface area contributed by atoms with Gasteiger partial charge < -0.3 is 19.6 Å². The van der Waals surface area contributed by atoms with Gasteiger partial charge in [0.05, 0.1) is 5.69 Å². The Morgan fingerprint density at radius 3 is 2.54 bits per heavy atom. The summed E-state index contributed by atoms with van der Waals surface area (Å²) in [4.78, 5) is 28.6. The summed E-state index contributed by atoms with van der Waals surface area (Å²) in [6.45, 7) is 2.20. The molecule has 136 valence electrons. The Bertz CT molecular complexity index is 785. The molecule has 3 amide bonds. The van der Waals surface area contributed by atoms with E-state index in [0.29, 0.717) is 37.9 Å². The topological polar surface area (TPSA) is 78.7 Å². The zero-order valence-corrected chi connectivity index (χ0v) is 14.6. The largest absolute Gasteiger partial charge is 0.351 e. The summed E-state index contributed by atoms with van der Waals surface area (Å²) in [7, 11) is 0. The second kappa shape index (κ2) is 7.19. The molecule has 0 radical (unpaired) electrons. The molecule has 0 bridgehead atoms. The van der Waals surface area contributed by atoms with E-state index >= 15 is 0 Å². The maximum Gasteiger partial charge on any atom is 0.321 e. The van der Waals surface area contributed by atoms with Gasteiger partial charge in [0, 0.05) is 43.9 Å². The van der Waals surface area contributed by atoms with E-state index in [1.807, 2.05) is 30.3 Å². The zero-order valence-electron chi connectivity index (χ0n) is 14.6. The average molecular weight is 354 g/mol. The SMILES string of the molecule is O=C(Nc1ccccc1)N1CCCN(C(=O)c2cc(C3CC3)no2)CC1. The van der Waals surface area contributed by atoms with Gasteiger partial charge in [-0.05, 0) is 31.4 Å². The molecule has 2 aliphatic rings. The standard InChI is InChI=1S/C19H22N4O3/c24-18(17-13-16(21-26-17)14-7-8-14)22-9-4-10-23(12-11-22)19(25)20-15-5-2-1-3-6-15/h1-3,5-6,13-14H,4,7-12H2,(H,20,25). The first-order valence-corrected chi connectivity index (χ1v) is 9.07. The van der Waals surface area contributed by atoms with Crippen LogP contribution in [-0.2, 0) is 0 Å². The van der Waals surface area contributed by atoms with E-state index < -0.39 is 0 Å². The van der Waals surface area contributed by atoms with Crippen LogP contribution >= 0.6 is 0 Å². The van der Waals surface area contributed by atoms with Gasteiger partial charge in [0.25, 0.3) is 5.91 Å². The Morgan fingerprint density at radius 2 is 1.77 bits per heavy atom. The third-order valence-corrected chi connectivity index (χ3v) is 4.83. The number of hydrogen-bond acceptors (Lipinski definition) is 4. The predicted molar refractivity (Wildman–Crippen MR) is 96.0 cm³/mol. The fraction of sp³-hybridized carbons (Fsp3) is 0.421. The van der Waals surface area contributed by atoms with Gasteiger partial charge in [0.1, 0.15) is 0 Å². The highest BCUT2D eigenvalue weighted by Gasteiger charge is 2.30. The first kappa shape index (κ1) is 16.6. The molecule has 0 unspecified atom stereocenters. The Hall–Kier alpha value is -2.83. The number of amides is 3. The van der Waals surface area contributed by atoms with Gasteiger partial charge in [-0.3, -0.25) is 4.79 Å². The number of rotatable bonds is 3. The number of benzene rings is 1. The molecule has 7 heteroatoms. The smallest absolute Gasteiger partial charge is 0.321 e. The van der Waals surface area contributed by atoms with Crippen LogP contribution in [0.15, 0.2) is 40.9 Å². The van der Waals surface area contributed by atoms with Crippen LogP contribution in [-0.4, -0.2) is 53.1 Å². The molecule has 1 saturated carbocycles. The zero-order chi connectivity index (χ0) is 17.9. The van der Waals surface area contributed by atoms with Crippen molar-refractivity contribution < 1.29 is 14.1 Å². The lowest BCUT2D eigenvalue weighted by atomic mass is 10.2. The molecule has 4 rings (SSSR count). The molecule has 7 nitrogen and oxygen atoms in total. The van der Waals surface area contributed by atoms with Crippen LogP contribution in [0.25, 0.3) is 0 Å². The number of nitrogens with zero attached hydrogens (tertiary/aromatic N) is 3. The van der Waals surface area contributed by atoms with Crippen LogP contribution in [0, 0.1) is 0 Å². The van der Waals surface area contributed by atoms with Gasteiger partial charge in [-0.25, -0.2) is 4.79 Å². The molecular formula is C19H22N4O3. The second-order valence-electron chi connectivity index (χ2n) is 6.82. The Kier molecular flexibility index (Phi) is 4.60. The van der Waals surface area contributed by atoms with Crippen LogP contribution in [0.4, 0.5) is 10.5 Å². The molecule has 1 aromatic carbocycles. The summed E-state index contributed by atoms with van der Waals surface area (Å²) in [5.74, 6) is 0.616. The number of carbonyl (C=O) groups is 2. The molecule has 2 aromatic rings. The minimum atomic E-state index is -0.144. The van der Waals surface area contributed by atoms with Crippen molar-refractivity contribution in [1.29, 1.82) is 0 Å². The van der Waals surface area contributed by atoms with Gasteiger partial charge in [-0.1, -0.05) is 23.4 Å². The third kappa shape index (κ3) is 3.71. The highest BCUT2D eigenvalue weighted by molar-refractivity contribution is 5.92. The number of anilines is 1. The minimum absolute atomic E-state index is 0.138. The molecule has 2 heterocycles. The number of nitrogens with one attached hydrogen (secondary N) is 1. The fourth-order valence-corrected chi connectivity index (χ4v) is 3.16. The van der Waals surface area contributed by atoms with E-state index in [-0.39, 0.29) is 11.9 Å². The normalized spacial score (nSPS) is 17.7. The second-order valence-corrected chi connectivity index (χ2v) is 6.82. The number of urea groups is 1. The van der Waals surface area contributed by atoms with Crippen LogP contribution < -0.4 is 5.32 Å². The van der Waals surface area contributed by atoms with Gasteiger partial charge in [-0.2, -0.15) is 0 Å². The summed E-state index contributed by atoms with van der Waals surface area (Å²) in [6, 6.07) is 11.0. The van der Waals surface area contributed by atoms with E-state index in [1.165, 1.54) is 0 Å². The lowest BCUT2D eigenvalue weighted by Crippen LogP contribution is -2.39. The van der Waals surface area contributed by atoms with E-state index in [9.17, 15) is 9.59 Å². The molecule has 1 aliphatic carbocycles. The van der Waals surface area contributed by atoms with Gasteiger partial charge in [-0.15, -0.1) is 0 Å². The molecule has 1 aliphatic heterocycles. The van der Waals surface area contributed by atoms with E-state index in [0.717, 1.165) is 30.6 Å². The Balaban J connectivity index is 1.35. The van der Waals surface area contributed by atoms with Crippen molar-refractivity contribution in [2.45, 2.75) is 25.2 Å². The van der Waals surface area contributed by atoms with Crippen molar-refractivity contribution in [1.82, 2.24) is 15.0 Å². The van der Waals surface area contributed by atoms with E-state index in [1.54, 1.807) is 15.9 Å². The average Bonchev–Trinajstić information content (AvgIpc) is 3.44. The predicted octanol–water partition coefficient (Wildman–Crippen LogP) is 2.93. The minimum Gasteiger partial charge on any atom is -0.351 e. The van der Waals surface area contributed by atoms with Crippen LogP contribution in [0.3, 0.4) is 0 Å². The lowest BCUT2D eigenvalue weighted by Gasteiger charge is -2.22. The van der Waals surface area contributed by atoms with Crippen LogP contribution in [0.5, 0.6) is 0 Å². The maximum absolute atomic E-state index is 12.6. The van der Waals surface area contributed by atoms with Gasteiger partial charge in [0.15, 0.2) is 0 Å². The first-order chi connectivity index (χ1) is 12.7. The summed E-state index contributed by atoms with van der Waals surface area (Å²) in [6.07, 6.45) is 2.97. The third-order valence-electron chi connectivity index (χ3n) is 4.83. The molecule has 1 N–H and O–H groups in total. The summed E-state index contributed by atoms with van der Waals surface area (Å²) in [5, 5.41) is 6.90. The van der Waals surface area contributed by atoms with Crippen molar-refractivity contribution in [3.05, 3.63) is 47.9 Å². The van der Waals surface area contributed by atoms with Crippen LogP contribution in [0.2, 0.25) is 0 Å². The highest BCUT2D eigenvalue weighted by Crippen LogP contribution is 2.39. The first-order valence-electron chi connectivity index (χ1n) is 9.07. The molecule has 0 spiro atoms. The van der Waals surface area contributed by atoms with Gasteiger partial charge in [0.2, 0.25) is 5.76 Å². The highest BCUT2D eigenvalue weighted by atomic mass is 16.5. The van der Waals surface area contributed by atoms with Crippen molar-refractivity contribution in [2.24, 2.45) is 0 Å². The fourth-order valence-electron chi connectivity index (χ4n) is 3.16. The number of hydrogen-bond donors (Lipinski definition) is 1. The quantitative estimate of drug-likeness (QED) is 0.919. The van der Waals surface area contributed by atoms with Crippen molar-refractivity contribution >= 4 is 17.6 Å². The molecule has 0 atom stereocenters. The van der Waals surface area contributed by atoms with E-state index in [2.05, 4.69) is 10.5 Å². The summed E-state index contributed by atoms with van der Waals surface area (Å²) >= 11 is 0. The maximum atomic E-state index is 12.6. The molecule has 1 aromatic heterocycles. The molecule has 26 heavy (non-hydrogen) atoms. The van der Waals surface area contributed by atoms with Crippen molar-refractivity contribution in [3.63, 3.8) is 0 Å². The lowest BCUT2D eigenvalue weighted by molar-refractivity contribution is 0.0721. The molecule has 1 saturated heterocycles.